The zero-order chi connectivity index (χ0) is 24.3. The van der Waals surface area contributed by atoms with Crippen molar-refractivity contribution < 1.29 is 23.1 Å². The van der Waals surface area contributed by atoms with Gasteiger partial charge in [-0.3, -0.25) is 9.52 Å². The van der Waals surface area contributed by atoms with Crippen molar-refractivity contribution in [1.82, 2.24) is 9.80 Å². The maximum Gasteiger partial charge on any atom is 0.261 e. The smallest absolute Gasteiger partial charge is 0.261 e. The highest BCUT2D eigenvalue weighted by Gasteiger charge is 2.33. The summed E-state index contributed by atoms with van der Waals surface area (Å²) in [5.41, 5.74) is 1.48. The third-order valence-corrected chi connectivity index (χ3v) is 7.19. The van der Waals surface area contributed by atoms with Gasteiger partial charge in [-0.05, 0) is 58.3 Å². The average Bonchev–Trinajstić information content (AvgIpc) is 2.76. The molecule has 1 heterocycles. The van der Waals surface area contributed by atoms with E-state index in [0.29, 0.717) is 18.8 Å². The summed E-state index contributed by atoms with van der Waals surface area (Å²) >= 11 is 0. The summed E-state index contributed by atoms with van der Waals surface area (Å²) in [6.07, 6.45) is -0.185. The molecule has 3 atom stereocenters. The quantitative estimate of drug-likeness (QED) is 0.639. The van der Waals surface area contributed by atoms with Crippen molar-refractivity contribution in [1.29, 1.82) is 0 Å². The Labute approximate surface area is 196 Å². The number of nitrogens with zero attached hydrogens (tertiary/aromatic N) is 2. The lowest BCUT2D eigenvalue weighted by Gasteiger charge is -2.37. The van der Waals surface area contributed by atoms with E-state index < -0.39 is 10.0 Å². The van der Waals surface area contributed by atoms with Gasteiger partial charge in [-0.2, -0.15) is 0 Å². The first-order chi connectivity index (χ1) is 15.5. The Morgan fingerprint density at radius 2 is 1.88 bits per heavy atom. The summed E-state index contributed by atoms with van der Waals surface area (Å²) in [6.45, 7) is 6.59. The lowest BCUT2D eigenvalue weighted by molar-refractivity contribution is 0.0363. The molecule has 9 heteroatoms. The predicted octanol–water partition coefficient (Wildman–Crippen LogP) is 2.58. The summed E-state index contributed by atoms with van der Waals surface area (Å²) < 4.78 is 34.5. The molecule has 2 N–H and O–H groups in total. The van der Waals surface area contributed by atoms with Gasteiger partial charge in [0.1, 0.15) is 11.9 Å². The molecule has 0 spiro atoms. The molecule has 1 amide bonds. The van der Waals surface area contributed by atoms with E-state index in [1.54, 1.807) is 36.1 Å². The third-order valence-electron chi connectivity index (χ3n) is 5.79. The summed E-state index contributed by atoms with van der Waals surface area (Å²) in [5.74, 6) is 0.114. The number of benzene rings is 2. The van der Waals surface area contributed by atoms with Crippen LogP contribution >= 0.6 is 0 Å². The van der Waals surface area contributed by atoms with Crippen LogP contribution in [0, 0.1) is 12.8 Å². The number of aliphatic hydroxyl groups excluding tert-OH is 1. The second kappa shape index (κ2) is 10.1. The second-order valence-electron chi connectivity index (χ2n) is 9.01. The molecular formula is C24H33N3O5S. The Morgan fingerprint density at radius 1 is 1.21 bits per heavy atom. The first-order valence-corrected chi connectivity index (χ1v) is 12.5. The van der Waals surface area contributed by atoms with Crippen LogP contribution in [0.2, 0.25) is 0 Å². The van der Waals surface area contributed by atoms with E-state index in [1.807, 2.05) is 32.8 Å². The van der Waals surface area contributed by atoms with Gasteiger partial charge >= 0.3 is 0 Å². The van der Waals surface area contributed by atoms with Crippen molar-refractivity contribution in [2.24, 2.45) is 5.92 Å². The maximum atomic E-state index is 13.4. The number of carbonyl (C=O) groups excluding carboxylic acids is 1. The number of likely N-dealkylation sites (N-methyl/N-ethyl adjacent to an activating group) is 1. The monoisotopic (exact) mass is 475 g/mol. The largest absolute Gasteiger partial charge is 0.488 e. The van der Waals surface area contributed by atoms with Crippen LogP contribution < -0.4 is 9.46 Å². The number of sulfonamides is 1. The standard InChI is InChI=1S/C24H33N3O5S/c1-16-6-9-20(10-7-16)33(30,31)25-19-8-11-22-21(12-19)24(29)27(18(3)15-28)13-17(2)23(32-22)14-26(4)5/h6-12,17-18,23,25,28H,13-15H2,1-5H3/t17-,18-,23+/m0/s1. The number of hydrogen-bond donors (Lipinski definition) is 2. The third kappa shape index (κ3) is 5.85. The number of aryl methyl sites for hydroxylation is 1. The molecule has 2 aromatic rings. The van der Waals surface area contributed by atoms with Crippen LogP contribution in [-0.4, -0.2) is 75.2 Å². The summed E-state index contributed by atoms with van der Waals surface area (Å²) in [5, 5.41) is 9.74. The zero-order valence-electron chi connectivity index (χ0n) is 19.8. The highest BCUT2D eigenvalue weighted by molar-refractivity contribution is 7.92. The van der Waals surface area contributed by atoms with Gasteiger partial charge < -0.3 is 19.6 Å². The maximum absolute atomic E-state index is 13.4. The Hall–Kier alpha value is -2.62. The van der Waals surface area contributed by atoms with Gasteiger partial charge in [-0.25, -0.2) is 8.42 Å². The van der Waals surface area contributed by atoms with E-state index in [9.17, 15) is 18.3 Å². The Balaban J connectivity index is 2.00. The first-order valence-electron chi connectivity index (χ1n) is 11.0. The summed E-state index contributed by atoms with van der Waals surface area (Å²) in [6, 6.07) is 10.9. The van der Waals surface area contributed by atoms with Gasteiger partial charge in [0.2, 0.25) is 0 Å². The van der Waals surface area contributed by atoms with Crippen LogP contribution in [0.5, 0.6) is 5.75 Å². The lowest BCUT2D eigenvalue weighted by Crippen LogP contribution is -2.49. The molecule has 0 aromatic heterocycles. The molecule has 0 saturated carbocycles. The van der Waals surface area contributed by atoms with E-state index >= 15 is 0 Å². The fraction of sp³-hybridized carbons (Fsp3) is 0.458. The van der Waals surface area contributed by atoms with E-state index in [0.717, 1.165) is 5.56 Å². The zero-order valence-corrected chi connectivity index (χ0v) is 20.6. The molecular weight excluding hydrogens is 442 g/mol. The number of fused-ring (bicyclic) bond motifs is 1. The van der Waals surface area contributed by atoms with Crippen molar-refractivity contribution in [3.8, 4) is 5.75 Å². The van der Waals surface area contributed by atoms with Gasteiger partial charge in [0.15, 0.2) is 0 Å². The van der Waals surface area contributed by atoms with Crippen LogP contribution in [0.3, 0.4) is 0 Å². The van der Waals surface area contributed by atoms with Crippen LogP contribution in [-0.2, 0) is 10.0 Å². The average molecular weight is 476 g/mol. The summed E-state index contributed by atoms with van der Waals surface area (Å²) in [7, 11) is 0.0899. The van der Waals surface area contributed by atoms with Gasteiger partial charge in [0.05, 0.1) is 23.1 Å². The van der Waals surface area contributed by atoms with Crippen LogP contribution in [0.1, 0.15) is 29.8 Å². The first kappa shape index (κ1) is 25.0. The minimum absolute atomic E-state index is 0.0261. The normalized spacial score (nSPS) is 20.0. The van der Waals surface area contributed by atoms with Crippen molar-refractivity contribution >= 4 is 21.6 Å². The molecule has 0 fully saturated rings. The second-order valence-corrected chi connectivity index (χ2v) is 10.7. The van der Waals surface area contributed by atoms with E-state index in [2.05, 4.69) is 4.72 Å². The molecule has 8 nitrogen and oxygen atoms in total. The van der Waals surface area contributed by atoms with Gasteiger partial charge in [0, 0.05) is 24.7 Å². The van der Waals surface area contributed by atoms with Crippen LogP contribution in [0.4, 0.5) is 5.69 Å². The molecule has 0 radical (unpaired) electrons. The number of hydrogen-bond acceptors (Lipinski definition) is 6. The Morgan fingerprint density at radius 3 is 2.48 bits per heavy atom. The fourth-order valence-electron chi connectivity index (χ4n) is 3.80. The highest BCUT2D eigenvalue weighted by atomic mass is 32.2. The lowest BCUT2D eigenvalue weighted by atomic mass is 9.99. The van der Waals surface area contributed by atoms with Crippen molar-refractivity contribution in [2.75, 3.05) is 38.5 Å². The van der Waals surface area contributed by atoms with E-state index in [4.69, 9.17) is 4.74 Å². The molecule has 1 aliphatic rings. The Bertz CT molecular complexity index is 1090. The van der Waals surface area contributed by atoms with E-state index in [1.165, 1.54) is 18.2 Å². The highest BCUT2D eigenvalue weighted by Crippen LogP contribution is 2.31. The number of anilines is 1. The molecule has 0 aliphatic carbocycles. The molecule has 0 saturated heterocycles. The number of carbonyl (C=O) groups is 1. The van der Waals surface area contributed by atoms with Crippen LogP contribution in [0.25, 0.3) is 0 Å². The molecule has 33 heavy (non-hydrogen) atoms. The number of aliphatic hydroxyl groups is 1. The molecule has 0 unspecified atom stereocenters. The topological polar surface area (TPSA) is 99.2 Å². The predicted molar refractivity (Wildman–Crippen MR) is 128 cm³/mol. The molecule has 180 valence electrons. The SMILES string of the molecule is Cc1ccc(S(=O)(=O)Nc2ccc3c(c2)C(=O)N([C@@H](C)CO)C[C@H](C)[C@@H](CN(C)C)O3)cc1. The van der Waals surface area contributed by atoms with Crippen molar-refractivity contribution in [2.45, 2.75) is 37.8 Å². The fourth-order valence-corrected chi connectivity index (χ4v) is 4.84. The molecule has 3 rings (SSSR count). The summed E-state index contributed by atoms with van der Waals surface area (Å²) in [4.78, 5) is 17.2. The van der Waals surface area contributed by atoms with Gasteiger partial charge in [-0.1, -0.05) is 24.6 Å². The number of amides is 1. The minimum atomic E-state index is -3.82. The van der Waals surface area contributed by atoms with E-state index in [-0.39, 0.29) is 46.7 Å². The number of ether oxygens (including phenoxy) is 1. The van der Waals surface area contributed by atoms with Gasteiger partial charge in [0.25, 0.3) is 15.9 Å². The van der Waals surface area contributed by atoms with Crippen LogP contribution in [0.15, 0.2) is 47.4 Å². The number of rotatable bonds is 7. The Kier molecular flexibility index (Phi) is 7.66. The number of nitrogens with one attached hydrogen (secondary N) is 1. The molecule has 1 aliphatic heterocycles. The van der Waals surface area contributed by atoms with Gasteiger partial charge in [-0.15, -0.1) is 0 Å². The minimum Gasteiger partial charge on any atom is -0.488 e. The van der Waals surface area contributed by atoms with Crippen molar-refractivity contribution in [3.63, 3.8) is 0 Å². The van der Waals surface area contributed by atoms with Crippen molar-refractivity contribution in [3.05, 3.63) is 53.6 Å². The molecule has 2 aromatic carbocycles. The molecule has 0 bridgehead atoms.